The van der Waals surface area contributed by atoms with E-state index in [9.17, 15) is 14.7 Å². The number of nitrogens with zero attached hydrogens (tertiary/aromatic N) is 2. The summed E-state index contributed by atoms with van der Waals surface area (Å²) in [5, 5.41) is 16.6. The van der Waals surface area contributed by atoms with Crippen molar-refractivity contribution in [3.63, 3.8) is 0 Å². The van der Waals surface area contributed by atoms with E-state index >= 15 is 0 Å². The Balaban J connectivity index is 1.85. The van der Waals surface area contributed by atoms with Crippen molar-refractivity contribution in [2.24, 2.45) is 11.8 Å². The van der Waals surface area contributed by atoms with Crippen molar-refractivity contribution in [2.75, 3.05) is 18.9 Å². The summed E-state index contributed by atoms with van der Waals surface area (Å²) in [6, 6.07) is 0.0715. The van der Waals surface area contributed by atoms with E-state index in [2.05, 4.69) is 16.5 Å². The Morgan fingerprint density at radius 3 is 2.70 bits per heavy atom. The summed E-state index contributed by atoms with van der Waals surface area (Å²) in [4.78, 5) is 25.8. The van der Waals surface area contributed by atoms with Crippen LogP contribution in [0.1, 0.15) is 55.5 Å². The van der Waals surface area contributed by atoms with Crippen molar-refractivity contribution in [1.29, 1.82) is 0 Å². The first-order valence-corrected chi connectivity index (χ1v) is 10.6. The number of nitrogens with two attached hydrogens (primary N) is 1. The highest BCUT2D eigenvalue weighted by molar-refractivity contribution is 5.96. The minimum atomic E-state index is -0.613. The number of hydrogen-bond acceptors (Lipinski definition) is 5. The monoisotopic (exact) mass is 416 g/mol. The number of rotatable bonds is 6. The SMILES string of the molecule is CC(C)C[n+]1c(O)c(C(=O)NC2CC2)c(=O)n2[nH]c(N)c(/C=C/C3CCOCC3)c21. The van der Waals surface area contributed by atoms with Gasteiger partial charge in [0, 0.05) is 19.3 Å². The number of carbonyl (C=O) groups excluding carboxylic acids is 1. The molecule has 1 saturated carbocycles. The maximum atomic E-state index is 13.1. The normalized spacial score (nSPS) is 18.0. The van der Waals surface area contributed by atoms with E-state index in [0.717, 1.165) is 38.9 Å². The third-order valence-corrected chi connectivity index (χ3v) is 5.62. The Bertz CT molecular complexity index is 1040. The number of fused-ring (bicyclic) bond motifs is 1. The summed E-state index contributed by atoms with van der Waals surface area (Å²) in [6.07, 6.45) is 7.62. The second-order valence-corrected chi connectivity index (χ2v) is 8.66. The lowest BCUT2D eigenvalue weighted by Gasteiger charge is -2.18. The summed E-state index contributed by atoms with van der Waals surface area (Å²) in [5.74, 6) is -0.0291. The summed E-state index contributed by atoms with van der Waals surface area (Å²) in [5.41, 5.74) is 6.42. The first-order chi connectivity index (χ1) is 14.4. The molecule has 2 aromatic rings. The van der Waals surface area contributed by atoms with E-state index in [1.807, 2.05) is 19.9 Å². The summed E-state index contributed by atoms with van der Waals surface area (Å²) >= 11 is 0. The van der Waals surface area contributed by atoms with E-state index in [1.54, 1.807) is 4.57 Å². The largest absolute Gasteiger partial charge is 0.477 e. The molecule has 162 valence electrons. The predicted octanol–water partition coefficient (Wildman–Crippen LogP) is 1.19. The molecule has 2 fully saturated rings. The highest BCUT2D eigenvalue weighted by Crippen LogP contribution is 2.24. The van der Waals surface area contributed by atoms with Crippen LogP contribution in [0.25, 0.3) is 11.7 Å². The number of ether oxygens (including phenoxy) is 1. The van der Waals surface area contributed by atoms with Gasteiger partial charge < -0.3 is 20.9 Å². The summed E-state index contributed by atoms with van der Waals surface area (Å²) in [7, 11) is 0. The molecule has 1 saturated heterocycles. The molecule has 0 radical (unpaired) electrons. The maximum Gasteiger partial charge on any atom is 0.378 e. The molecule has 9 heteroatoms. The molecule has 1 amide bonds. The van der Waals surface area contributed by atoms with Crippen LogP contribution in [0.15, 0.2) is 10.9 Å². The van der Waals surface area contributed by atoms with Crippen LogP contribution in [0.2, 0.25) is 0 Å². The second-order valence-electron chi connectivity index (χ2n) is 8.66. The van der Waals surface area contributed by atoms with E-state index in [4.69, 9.17) is 10.5 Å². The topological polar surface area (TPSA) is 126 Å². The van der Waals surface area contributed by atoms with Crippen LogP contribution in [-0.4, -0.2) is 39.9 Å². The molecule has 0 aromatic carbocycles. The molecule has 0 spiro atoms. The van der Waals surface area contributed by atoms with Gasteiger partial charge in [-0.2, -0.15) is 4.57 Å². The fraction of sp³-hybridized carbons (Fsp3) is 0.571. The van der Waals surface area contributed by atoms with Crippen LogP contribution in [0.3, 0.4) is 0 Å². The predicted molar refractivity (Wildman–Crippen MR) is 112 cm³/mol. The average molecular weight is 417 g/mol. The molecular weight excluding hydrogens is 386 g/mol. The van der Waals surface area contributed by atoms with Gasteiger partial charge in [-0.05, 0) is 43.6 Å². The molecule has 4 rings (SSSR count). The number of hydrogen-bond donors (Lipinski definition) is 4. The van der Waals surface area contributed by atoms with Gasteiger partial charge in [-0.1, -0.05) is 24.4 Å². The lowest BCUT2D eigenvalue weighted by atomic mass is 9.99. The van der Waals surface area contributed by atoms with Crippen LogP contribution < -0.4 is 21.2 Å². The van der Waals surface area contributed by atoms with E-state index in [0.29, 0.717) is 29.5 Å². The molecule has 3 heterocycles. The number of allylic oxidation sites excluding steroid dienone is 1. The zero-order chi connectivity index (χ0) is 21.4. The Hall–Kier alpha value is -2.81. The summed E-state index contributed by atoms with van der Waals surface area (Å²) in [6.45, 7) is 5.89. The number of aromatic hydroxyl groups is 1. The molecule has 1 aliphatic heterocycles. The zero-order valence-corrected chi connectivity index (χ0v) is 17.5. The Morgan fingerprint density at radius 2 is 2.07 bits per heavy atom. The number of H-pyrrole nitrogens is 1. The molecule has 0 bridgehead atoms. The number of nitrogens with one attached hydrogen (secondary N) is 2. The third-order valence-electron chi connectivity index (χ3n) is 5.62. The van der Waals surface area contributed by atoms with Crippen molar-refractivity contribution < 1.29 is 19.2 Å². The third kappa shape index (κ3) is 3.94. The lowest BCUT2D eigenvalue weighted by molar-refractivity contribution is -0.686. The molecule has 5 N–H and O–H groups in total. The molecule has 1 aliphatic carbocycles. The minimum absolute atomic E-state index is 0.0715. The average Bonchev–Trinajstić information content (AvgIpc) is 3.45. The van der Waals surface area contributed by atoms with Crippen LogP contribution >= 0.6 is 0 Å². The highest BCUT2D eigenvalue weighted by Gasteiger charge is 2.35. The smallest absolute Gasteiger partial charge is 0.378 e. The van der Waals surface area contributed by atoms with Crippen molar-refractivity contribution in [3.05, 3.63) is 27.6 Å². The van der Waals surface area contributed by atoms with Gasteiger partial charge in [-0.3, -0.25) is 4.79 Å². The van der Waals surface area contributed by atoms with Gasteiger partial charge in [0.15, 0.2) is 5.82 Å². The van der Waals surface area contributed by atoms with Crippen molar-refractivity contribution in [2.45, 2.75) is 52.1 Å². The molecule has 2 aromatic heterocycles. The minimum Gasteiger partial charge on any atom is -0.477 e. The van der Waals surface area contributed by atoms with Crippen LogP contribution in [0.4, 0.5) is 5.82 Å². The van der Waals surface area contributed by atoms with Gasteiger partial charge in [-0.15, -0.1) is 0 Å². The van der Waals surface area contributed by atoms with Gasteiger partial charge >= 0.3 is 17.1 Å². The molecule has 9 nitrogen and oxygen atoms in total. The molecule has 0 atom stereocenters. The van der Waals surface area contributed by atoms with Gasteiger partial charge in [-0.25, -0.2) is 9.89 Å². The lowest BCUT2D eigenvalue weighted by Crippen LogP contribution is -2.46. The number of nitrogen functional groups attached to an aromatic ring is 1. The number of carbonyl (C=O) groups is 1. The Kier molecular flexibility index (Phi) is 5.55. The van der Waals surface area contributed by atoms with Crippen molar-refractivity contribution in [3.8, 4) is 5.88 Å². The number of aromatic nitrogens is 3. The molecular formula is C21H30N5O4+. The highest BCUT2D eigenvalue weighted by atomic mass is 16.5. The van der Waals surface area contributed by atoms with Gasteiger partial charge in [0.2, 0.25) is 5.56 Å². The van der Waals surface area contributed by atoms with E-state index < -0.39 is 11.5 Å². The Labute approximate surface area is 174 Å². The first kappa shape index (κ1) is 20.5. The number of anilines is 1. The van der Waals surface area contributed by atoms with Gasteiger partial charge in [0.05, 0.1) is 6.54 Å². The van der Waals surface area contributed by atoms with E-state index in [1.165, 1.54) is 4.52 Å². The quantitative estimate of drug-likeness (QED) is 0.527. The fourth-order valence-electron chi connectivity index (χ4n) is 3.86. The van der Waals surface area contributed by atoms with Crippen molar-refractivity contribution >= 4 is 23.4 Å². The number of aromatic amines is 1. The van der Waals surface area contributed by atoms with E-state index in [-0.39, 0.29) is 23.4 Å². The van der Waals surface area contributed by atoms with Crippen LogP contribution in [-0.2, 0) is 11.3 Å². The molecule has 30 heavy (non-hydrogen) atoms. The number of amides is 1. The second kappa shape index (κ2) is 8.14. The zero-order valence-electron chi connectivity index (χ0n) is 17.5. The standard InChI is InChI=1S/C21H29N5O4/c1-12(2)11-25-19-15(6-3-13-7-9-30-10-8-13)17(22)24-26(19)21(29)16(20(25)28)18(27)23-14-4-5-14/h3,6,12-14H,4-5,7-11H2,1-2H3,(H4,22,23,24,27,28,29)/p+1/b6-3+. The van der Waals surface area contributed by atoms with Gasteiger partial charge in [0.1, 0.15) is 5.56 Å². The van der Waals surface area contributed by atoms with Crippen LogP contribution in [0.5, 0.6) is 5.88 Å². The molecule has 0 unspecified atom stereocenters. The fourth-order valence-corrected chi connectivity index (χ4v) is 3.86. The first-order valence-electron chi connectivity index (χ1n) is 10.6. The van der Waals surface area contributed by atoms with Crippen molar-refractivity contribution in [1.82, 2.24) is 14.9 Å². The molecule has 2 aliphatic rings. The summed E-state index contributed by atoms with van der Waals surface area (Å²) < 4.78 is 8.28. The van der Waals surface area contributed by atoms with Gasteiger partial charge in [0.25, 0.3) is 5.91 Å². The maximum absolute atomic E-state index is 13.1. The Morgan fingerprint density at radius 1 is 1.37 bits per heavy atom. The van der Waals surface area contributed by atoms with Crippen LogP contribution in [0, 0.1) is 11.8 Å².